The number of fused-ring (bicyclic) bond motifs is 1. The second kappa shape index (κ2) is 7.00. The minimum absolute atomic E-state index is 0.0849. The van der Waals surface area contributed by atoms with Crippen LogP contribution in [0.3, 0.4) is 0 Å². The molecule has 2 aromatic carbocycles. The highest BCUT2D eigenvalue weighted by atomic mass is 79.9. The number of ether oxygens (including phenoxy) is 1. The Morgan fingerprint density at radius 3 is 2.52 bits per heavy atom. The van der Waals surface area contributed by atoms with Crippen LogP contribution in [0.1, 0.15) is 44.4 Å². The molecule has 25 heavy (non-hydrogen) atoms. The van der Waals surface area contributed by atoms with E-state index in [1.54, 1.807) is 4.90 Å². The predicted octanol–water partition coefficient (Wildman–Crippen LogP) is 6.53. The first-order chi connectivity index (χ1) is 11.8. The second-order valence-electron chi connectivity index (χ2n) is 7.20. The maximum absolute atomic E-state index is 13.0. The van der Waals surface area contributed by atoms with E-state index >= 15 is 0 Å². The molecular formula is C20H21BrClNO2. The molecule has 2 aromatic rings. The SMILES string of the molecule is CC(C)(C)OC(=O)N1c2c(Br)cccc2CCC1c1ccc(Cl)cc1. The van der Waals surface area contributed by atoms with Crippen LogP contribution in [0, 0.1) is 0 Å². The topological polar surface area (TPSA) is 29.5 Å². The highest BCUT2D eigenvalue weighted by Gasteiger charge is 2.36. The van der Waals surface area contributed by atoms with Gasteiger partial charge in [0.15, 0.2) is 0 Å². The Labute approximate surface area is 162 Å². The third kappa shape index (κ3) is 4.01. The summed E-state index contributed by atoms with van der Waals surface area (Å²) in [6.07, 6.45) is 1.41. The van der Waals surface area contributed by atoms with E-state index in [4.69, 9.17) is 16.3 Å². The molecule has 3 nitrogen and oxygen atoms in total. The van der Waals surface area contributed by atoms with Gasteiger partial charge < -0.3 is 4.74 Å². The quantitative estimate of drug-likeness (QED) is 0.523. The summed E-state index contributed by atoms with van der Waals surface area (Å²) in [5.41, 5.74) is 2.53. The van der Waals surface area contributed by atoms with Crippen molar-refractivity contribution in [3.05, 3.63) is 63.1 Å². The van der Waals surface area contributed by atoms with E-state index in [9.17, 15) is 4.79 Å². The van der Waals surface area contributed by atoms with Crippen molar-refractivity contribution in [2.75, 3.05) is 4.90 Å². The van der Waals surface area contributed by atoms with Crippen LogP contribution in [0.5, 0.6) is 0 Å². The normalized spacial score (nSPS) is 17.2. The Balaban J connectivity index is 2.07. The van der Waals surface area contributed by atoms with Gasteiger partial charge in [0.25, 0.3) is 0 Å². The predicted molar refractivity (Wildman–Crippen MR) is 105 cm³/mol. The molecule has 0 saturated heterocycles. The van der Waals surface area contributed by atoms with Gasteiger partial charge in [-0.3, -0.25) is 4.90 Å². The smallest absolute Gasteiger partial charge is 0.415 e. The number of hydrogen-bond donors (Lipinski definition) is 0. The first kappa shape index (κ1) is 18.3. The van der Waals surface area contributed by atoms with Crippen LogP contribution < -0.4 is 4.90 Å². The third-order valence-corrected chi connectivity index (χ3v) is 5.05. The number of hydrogen-bond acceptors (Lipinski definition) is 2. The summed E-state index contributed by atoms with van der Waals surface area (Å²) in [4.78, 5) is 14.8. The van der Waals surface area contributed by atoms with Crippen LogP contribution in [0.4, 0.5) is 10.5 Å². The maximum Gasteiger partial charge on any atom is 0.415 e. The van der Waals surface area contributed by atoms with Gasteiger partial charge >= 0.3 is 6.09 Å². The van der Waals surface area contributed by atoms with Crippen molar-refractivity contribution in [1.82, 2.24) is 0 Å². The van der Waals surface area contributed by atoms with E-state index in [2.05, 4.69) is 22.0 Å². The second-order valence-corrected chi connectivity index (χ2v) is 8.49. The zero-order chi connectivity index (χ0) is 18.2. The van der Waals surface area contributed by atoms with Gasteiger partial charge in [-0.2, -0.15) is 0 Å². The fraction of sp³-hybridized carbons (Fsp3) is 0.350. The summed E-state index contributed by atoms with van der Waals surface area (Å²) >= 11 is 9.64. The van der Waals surface area contributed by atoms with Crippen molar-refractivity contribution in [2.45, 2.75) is 45.3 Å². The first-order valence-electron chi connectivity index (χ1n) is 8.31. The summed E-state index contributed by atoms with van der Waals surface area (Å²) in [7, 11) is 0. The fourth-order valence-corrected chi connectivity index (χ4v) is 3.86. The number of carbonyl (C=O) groups is 1. The van der Waals surface area contributed by atoms with E-state index in [0.717, 1.165) is 34.1 Å². The summed E-state index contributed by atoms with van der Waals surface area (Å²) < 4.78 is 6.60. The first-order valence-corrected chi connectivity index (χ1v) is 9.48. The van der Waals surface area contributed by atoms with Gasteiger partial charge in [0, 0.05) is 9.50 Å². The van der Waals surface area contributed by atoms with Gasteiger partial charge in [0.1, 0.15) is 5.60 Å². The monoisotopic (exact) mass is 421 g/mol. The molecule has 0 bridgehead atoms. The molecular weight excluding hydrogens is 402 g/mol. The zero-order valence-corrected chi connectivity index (χ0v) is 16.9. The number of para-hydroxylation sites is 1. The number of aryl methyl sites for hydroxylation is 1. The lowest BCUT2D eigenvalue weighted by atomic mass is 9.91. The number of amides is 1. The Morgan fingerprint density at radius 1 is 1.20 bits per heavy atom. The number of benzene rings is 2. The number of nitrogens with zero attached hydrogens (tertiary/aromatic N) is 1. The van der Waals surface area contributed by atoms with Gasteiger partial charge in [0.05, 0.1) is 11.7 Å². The molecule has 0 N–H and O–H groups in total. The maximum atomic E-state index is 13.0. The van der Waals surface area contributed by atoms with Gasteiger partial charge in [-0.25, -0.2) is 4.79 Å². The average Bonchev–Trinajstić information content (AvgIpc) is 2.53. The van der Waals surface area contributed by atoms with E-state index in [-0.39, 0.29) is 12.1 Å². The third-order valence-electron chi connectivity index (χ3n) is 4.16. The summed E-state index contributed by atoms with van der Waals surface area (Å²) in [5.74, 6) is 0. The molecule has 1 amide bonds. The summed E-state index contributed by atoms with van der Waals surface area (Å²) in [5, 5.41) is 0.685. The molecule has 0 aromatic heterocycles. The van der Waals surface area contributed by atoms with Crippen molar-refractivity contribution < 1.29 is 9.53 Å². The molecule has 5 heteroatoms. The van der Waals surface area contributed by atoms with Crippen molar-refractivity contribution in [3.8, 4) is 0 Å². The number of anilines is 1. The Bertz CT molecular complexity index is 783. The standard InChI is InChI=1S/C20H21BrClNO2/c1-20(2,3)25-19(24)23-17(13-7-10-15(22)11-8-13)12-9-14-5-4-6-16(21)18(14)23/h4-8,10-11,17H,9,12H2,1-3H3. The summed E-state index contributed by atoms with van der Waals surface area (Å²) in [6, 6.07) is 13.6. The molecule has 0 radical (unpaired) electrons. The van der Waals surface area contributed by atoms with Crippen molar-refractivity contribution in [2.24, 2.45) is 0 Å². The lowest BCUT2D eigenvalue weighted by molar-refractivity contribution is 0.0559. The summed E-state index contributed by atoms with van der Waals surface area (Å²) in [6.45, 7) is 5.65. The highest BCUT2D eigenvalue weighted by molar-refractivity contribution is 9.10. The number of halogens is 2. The molecule has 0 saturated carbocycles. The van der Waals surface area contributed by atoms with Gasteiger partial charge in [-0.15, -0.1) is 0 Å². The van der Waals surface area contributed by atoms with E-state index in [1.165, 1.54) is 0 Å². The Morgan fingerprint density at radius 2 is 1.88 bits per heavy atom. The van der Waals surface area contributed by atoms with E-state index in [0.29, 0.717) is 5.02 Å². The lowest BCUT2D eigenvalue weighted by Crippen LogP contribution is -2.42. The van der Waals surface area contributed by atoms with Crippen molar-refractivity contribution >= 4 is 39.3 Å². The average molecular weight is 423 g/mol. The minimum atomic E-state index is -0.555. The van der Waals surface area contributed by atoms with Crippen molar-refractivity contribution in [3.63, 3.8) is 0 Å². The number of rotatable bonds is 1. The van der Waals surface area contributed by atoms with Gasteiger partial charge in [-0.05, 0) is 78.9 Å². The van der Waals surface area contributed by atoms with Crippen LogP contribution in [0.15, 0.2) is 46.9 Å². The molecule has 132 valence electrons. The Kier molecular flexibility index (Phi) is 5.12. The lowest BCUT2D eigenvalue weighted by Gasteiger charge is -2.38. The molecule has 3 rings (SSSR count). The highest BCUT2D eigenvalue weighted by Crippen LogP contribution is 2.43. The largest absolute Gasteiger partial charge is 0.443 e. The molecule has 1 aliphatic rings. The molecule has 0 spiro atoms. The molecule has 1 atom stereocenters. The molecule has 0 fully saturated rings. The van der Waals surface area contributed by atoms with Crippen LogP contribution in [0.2, 0.25) is 5.02 Å². The minimum Gasteiger partial charge on any atom is -0.443 e. The van der Waals surface area contributed by atoms with Gasteiger partial charge in [0.2, 0.25) is 0 Å². The van der Waals surface area contributed by atoms with Crippen LogP contribution in [0.25, 0.3) is 0 Å². The van der Waals surface area contributed by atoms with E-state index < -0.39 is 5.60 Å². The van der Waals surface area contributed by atoms with E-state index in [1.807, 2.05) is 57.2 Å². The molecule has 1 unspecified atom stereocenters. The number of carbonyl (C=O) groups excluding carboxylic acids is 1. The van der Waals surface area contributed by atoms with Crippen LogP contribution in [-0.4, -0.2) is 11.7 Å². The Hall–Kier alpha value is -1.52. The fourth-order valence-electron chi connectivity index (χ4n) is 3.14. The zero-order valence-electron chi connectivity index (χ0n) is 14.6. The van der Waals surface area contributed by atoms with Crippen molar-refractivity contribution in [1.29, 1.82) is 0 Å². The van der Waals surface area contributed by atoms with Crippen LogP contribution >= 0.6 is 27.5 Å². The molecule has 0 aliphatic carbocycles. The van der Waals surface area contributed by atoms with Crippen LogP contribution in [-0.2, 0) is 11.2 Å². The van der Waals surface area contributed by atoms with Gasteiger partial charge in [-0.1, -0.05) is 35.9 Å². The molecule has 1 aliphatic heterocycles. The molecule has 1 heterocycles.